The van der Waals surface area contributed by atoms with Gasteiger partial charge < -0.3 is 14.7 Å². The molecule has 0 spiro atoms. The number of piperazine rings is 1. The first-order chi connectivity index (χ1) is 13.5. The molecule has 1 saturated heterocycles. The van der Waals surface area contributed by atoms with E-state index in [0.717, 1.165) is 24.6 Å². The van der Waals surface area contributed by atoms with Crippen LogP contribution in [-0.2, 0) is 9.59 Å². The van der Waals surface area contributed by atoms with Crippen molar-refractivity contribution in [1.82, 2.24) is 9.80 Å². The Hall–Kier alpha value is -2.86. The van der Waals surface area contributed by atoms with E-state index in [-0.39, 0.29) is 24.8 Å². The largest absolute Gasteiger partial charge is 0.481 e. The molecule has 3 rings (SSSR count). The Morgan fingerprint density at radius 1 is 0.929 bits per heavy atom. The zero-order valence-electron chi connectivity index (χ0n) is 16.1. The van der Waals surface area contributed by atoms with Crippen LogP contribution in [0.1, 0.15) is 31.4 Å². The Morgan fingerprint density at radius 3 is 2.14 bits per heavy atom. The van der Waals surface area contributed by atoms with E-state index in [2.05, 4.69) is 24.0 Å². The minimum Gasteiger partial charge on any atom is -0.481 e. The van der Waals surface area contributed by atoms with Crippen LogP contribution in [0.2, 0.25) is 0 Å². The lowest BCUT2D eigenvalue weighted by molar-refractivity contribution is -0.141. The number of carbonyl (C=O) groups is 2. The second kappa shape index (κ2) is 9.37. The molecule has 6 nitrogen and oxygen atoms in total. The fourth-order valence-corrected chi connectivity index (χ4v) is 3.38. The Bertz CT molecular complexity index is 784. The van der Waals surface area contributed by atoms with Crippen molar-refractivity contribution in [3.63, 3.8) is 0 Å². The molecule has 0 bridgehead atoms. The van der Waals surface area contributed by atoms with Gasteiger partial charge in [-0.1, -0.05) is 30.3 Å². The van der Waals surface area contributed by atoms with Crippen LogP contribution in [0, 0.1) is 0 Å². The third kappa shape index (κ3) is 5.33. The number of carbonyl (C=O) groups excluding carboxylic acids is 1. The van der Waals surface area contributed by atoms with E-state index in [4.69, 9.17) is 9.84 Å². The highest BCUT2D eigenvalue weighted by Gasteiger charge is 2.24. The average Bonchev–Trinajstić information content (AvgIpc) is 2.73. The van der Waals surface area contributed by atoms with Crippen molar-refractivity contribution in [2.45, 2.75) is 25.8 Å². The standard InChI is InChI=1S/C22H26N2O4/c1-17(23-13-15-24(16-14-23)21(25)11-12-22(26)27)18-7-9-20(10-8-18)28-19-5-3-2-4-6-19/h2-10,17H,11-16H2,1H3,(H,26,27). The molecule has 0 saturated carbocycles. The molecule has 1 aliphatic heterocycles. The number of benzene rings is 2. The third-order valence-corrected chi connectivity index (χ3v) is 5.11. The summed E-state index contributed by atoms with van der Waals surface area (Å²) in [7, 11) is 0. The first-order valence-electron chi connectivity index (χ1n) is 9.59. The van der Waals surface area contributed by atoms with Crippen molar-refractivity contribution in [1.29, 1.82) is 0 Å². The second-order valence-electron chi connectivity index (χ2n) is 6.97. The monoisotopic (exact) mass is 382 g/mol. The number of nitrogens with zero attached hydrogens (tertiary/aromatic N) is 2. The van der Waals surface area contributed by atoms with E-state index < -0.39 is 5.97 Å². The van der Waals surface area contributed by atoms with Crippen LogP contribution in [0.15, 0.2) is 54.6 Å². The average molecular weight is 382 g/mol. The summed E-state index contributed by atoms with van der Waals surface area (Å²) in [6, 6.07) is 18.0. The van der Waals surface area contributed by atoms with Gasteiger partial charge in [0.05, 0.1) is 6.42 Å². The van der Waals surface area contributed by atoms with Crippen molar-refractivity contribution >= 4 is 11.9 Å². The van der Waals surface area contributed by atoms with E-state index in [1.54, 1.807) is 4.90 Å². The van der Waals surface area contributed by atoms with Gasteiger partial charge in [0.25, 0.3) is 0 Å². The molecule has 6 heteroatoms. The third-order valence-electron chi connectivity index (χ3n) is 5.11. The predicted molar refractivity (Wildman–Crippen MR) is 106 cm³/mol. The molecular weight excluding hydrogens is 356 g/mol. The summed E-state index contributed by atoms with van der Waals surface area (Å²) < 4.78 is 5.84. The van der Waals surface area contributed by atoms with Crippen LogP contribution in [0.3, 0.4) is 0 Å². The molecule has 1 amide bonds. The number of rotatable bonds is 7. The normalized spacial score (nSPS) is 15.8. The van der Waals surface area contributed by atoms with Gasteiger partial charge in [0.1, 0.15) is 11.5 Å². The van der Waals surface area contributed by atoms with Gasteiger partial charge in [-0.15, -0.1) is 0 Å². The van der Waals surface area contributed by atoms with Gasteiger partial charge in [-0.25, -0.2) is 0 Å². The highest BCUT2D eigenvalue weighted by molar-refractivity contribution is 5.80. The molecule has 2 aromatic rings. The SMILES string of the molecule is CC(c1ccc(Oc2ccccc2)cc1)N1CCN(C(=O)CCC(=O)O)CC1. The fraction of sp³-hybridized carbons (Fsp3) is 0.364. The number of hydrogen-bond acceptors (Lipinski definition) is 4. The van der Waals surface area contributed by atoms with E-state index in [0.29, 0.717) is 13.1 Å². The summed E-state index contributed by atoms with van der Waals surface area (Å²) >= 11 is 0. The van der Waals surface area contributed by atoms with E-state index in [1.165, 1.54) is 5.56 Å². The molecule has 1 aliphatic rings. The molecule has 1 N–H and O–H groups in total. The van der Waals surface area contributed by atoms with Gasteiger partial charge in [-0.3, -0.25) is 14.5 Å². The van der Waals surface area contributed by atoms with Gasteiger partial charge in [-0.05, 0) is 36.8 Å². The van der Waals surface area contributed by atoms with Crippen LogP contribution in [-0.4, -0.2) is 53.0 Å². The highest BCUT2D eigenvalue weighted by Crippen LogP contribution is 2.26. The maximum atomic E-state index is 12.1. The van der Waals surface area contributed by atoms with E-state index in [9.17, 15) is 9.59 Å². The van der Waals surface area contributed by atoms with Gasteiger partial charge in [-0.2, -0.15) is 0 Å². The van der Waals surface area contributed by atoms with Gasteiger partial charge >= 0.3 is 5.97 Å². The summed E-state index contributed by atoms with van der Waals surface area (Å²) in [5, 5.41) is 8.72. The Labute approximate surface area is 165 Å². The highest BCUT2D eigenvalue weighted by atomic mass is 16.5. The van der Waals surface area contributed by atoms with Gasteiger partial charge in [0, 0.05) is 38.6 Å². The summed E-state index contributed by atoms with van der Waals surface area (Å²) in [6.07, 6.45) is -0.0272. The number of aliphatic carboxylic acids is 1. The Balaban J connectivity index is 1.51. The number of carboxylic acids is 1. The van der Waals surface area contributed by atoms with Crippen molar-refractivity contribution in [3.05, 3.63) is 60.2 Å². The number of hydrogen-bond donors (Lipinski definition) is 1. The summed E-state index contributed by atoms with van der Waals surface area (Å²) in [4.78, 5) is 26.8. The molecule has 28 heavy (non-hydrogen) atoms. The molecule has 0 radical (unpaired) electrons. The van der Waals surface area contributed by atoms with Crippen molar-refractivity contribution < 1.29 is 19.4 Å². The van der Waals surface area contributed by atoms with Crippen molar-refractivity contribution in [2.75, 3.05) is 26.2 Å². The first kappa shape index (κ1) is 19.9. The van der Waals surface area contributed by atoms with Crippen LogP contribution in [0.5, 0.6) is 11.5 Å². The molecule has 1 fully saturated rings. The van der Waals surface area contributed by atoms with Gasteiger partial charge in [0.2, 0.25) is 5.91 Å². The lowest BCUT2D eigenvalue weighted by Gasteiger charge is -2.38. The second-order valence-corrected chi connectivity index (χ2v) is 6.97. The maximum absolute atomic E-state index is 12.1. The lowest BCUT2D eigenvalue weighted by atomic mass is 10.1. The van der Waals surface area contributed by atoms with E-state index in [1.807, 2.05) is 42.5 Å². The summed E-state index contributed by atoms with van der Waals surface area (Å²) in [5.41, 5.74) is 1.20. The topological polar surface area (TPSA) is 70.1 Å². The molecule has 148 valence electrons. The predicted octanol–water partition coefficient (Wildman–Crippen LogP) is 3.55. The number of amides is 1. The van der Waals surface area contributed by atoms with Crippen molar-refractivity contribution in [3.8, 4) is 11.5 Å². The molecule has 1 heterocycles. The Kier molecular flexibility index (Phi) is 6.66. The molecule has 2 aromatic carbocycles. The minimum absolute atomic E-state index is 0.0721. The number of ether oxygens (including phenoxy) is 1. The summed E-state index contributed by atoms with van der Waals surface area (Å²) in [5.74, 6) is 0.611. The van der Waals surface area contributed by atoms with Crippen LogP contribution in [0.4, 0.5) is 0 Å². The van der Waals surface area contributed by atoms with Gasteiger partial charge in [0.15, 0.2) is 0 Å². The molecule has 1 unspecified atom stereocenters. The first-order valence-corrected chi connectivity index (χ1v) is 9.59. The molecular formula is C22H26N2O4. The lowest BCUT2D eigenvalue weighted by Crippen LogP contribution is -2.49. The zero-order chi connectivity index (χ0) is 19.9. The Morgan fingerprint density at radius 2 is 1.54 bits per heavy atom. The van der Waals surface area contributed by atoms with Crippen LogP contribution in [0.25, 0.3) is 0 Å². The van der Waals surface area contributed by atoms with Crippen LogP contribution >= 0.6 is 0 Å². The van der Waals surface area contributed by atoms with Crippen molar-refractivity contribution in [2.24, 2.45) is 0 Å². The van der Waals surface area contributed by atoms with Crippen LogP contribution < -0.4 is 4.74 Å². The smallest absolute Gasteiger partial charge is 0.303 e. The number of carboxylic acid groups (broad SMARTS) is 1. The quantitative estimate of drug-likeness (QED) is 0.793. The molecule has 0 aliphatic carbocycles. The maximum Gasteiger partial charge on any atom is 0.303 e. The summed E-state index contributed by atoms with van der Waals surface area (Å²) in [6.45, 7) is 5.00. The van der Waals surface area contributed by atoms with E-state index >= 15 is 0 Å². The molecule has 1 atom stereocenters. The zero-order valence-corrected chi connectivity index (χ0v) is 16.1. The fourth-order valence-electron chi connectivity index (χ4n) is 3.38. The minimum atomic E-state index is -0.930. The molecule has 0 aromatic heterocycles. The number of para-hydroxylation sites is 1.